The lowest BCUT2D eigenvalue weighted by atomic mass is 10.0. The summed E-state index contributed by atoms with van der Waals surface area (Å²) in [6.07, 6.45) is 0.895. The highest BCUT2D eigenvalue weighted by Crippen LogP contribution is 2.26. The van der Waals surface area contributed by atoms with Crippen LogP contribution in [-0.2, 0) is 4.79 Å². The van der Waals surface area contributed by atoms with Crippen molar-refractivity contribution in [2.24, 2.45) is 0 Å². The number of carbonyl (C=O) groups is 1. The highest BCUT2D eigenvalue weighted by molar-refractivity contribution is 8.00. The number of thioether (sulfide) groups is 1. The summed E-state index contributed by atoms with van der Waals surface area (Å²) in [5.41, 5.74) is 2.59. The average molecular weight is 341 g/mol. The molecule has 1 N–H and O–H groups in total. The Hall–Kier alpha value is -2.06. The minimum absolute atomic E-state index is 0.0321. The zero-order valence-corrected chi connectivity index (χ0v) is 15.4. The predicted octanol–water partition coefficient (Wildman–Crippen LogP) is 4.24. The van der Waals surface area contributed by atoms with Crippen LogP contribution in [0.4, 0.5) is 0 Å². The molecule has 0 aliphatic heterocycles. The normalized spacial score (nSPS) is 12.2. The van der Waals surface area contributed by atoms with Gasteiger partial charge in [0.25, 0.3) is 0 Å². The zero-order valence-electron chi connectivity index (χ0n) is 14.6. The summed E-state index contributed by atoms with van der Waals surface area (Å²) < 4.78 is 0. The second-order valence-electron chi connectivity index (χ2n) is 6.23. The maximum Gasteiger partial charge on any atom is 0.230 e. The molecule has 1 aromatic heterocycles. The summed E-state index contributed by atoms with van der Waals surface area (Å²) in [6.45, 7) is 8.28. The molecule has 5 heteroatoms. The zero-order chi connectivity index (χ0) is 17.7. The van der Waals surface area contributed by atoms with Gasteiger partial charge in [-0.1, -0.05) is 38.6 Å². The van der Waals surface area contributed by atoms with Gasteiger partial charge in [-0.15, -0.1) is 0 Å². The maximum absolute atomic E-state index is 11.9. The molecule has 1 atom stereocenters. The van der Waals surface area contributed by atoms with E-state index < -0.39 is 0 Å². The average Bonchev–Trinajstić information content (AvgIpc) is 2.58. The van der Waals surface area contributed by atoms with E-state index >= 15 is 0 Å². The summed E-state index contributed by atoms with van der Waals surface area (Å²) in [7, 11) is 0. The van der Waals surface area contributed by atoms with E-state index in [9.17, 15) is 10.1 Å². The number of nitriles is 1. The van der Waals surface area contributed by atoms with Crippen LogP contribution in [0.5, 0.6) is 0 Å². The van der Waals surface area contributed by atoms with Crippen LogP contribution in [0, 0.1) is 11.3 Å². The van der Waals surface area contributed by atoms with Gasteiger partial charge in [0.15, 0.2) is 0 Å². The topological polar surface area (TPSA) is 65.8 Å². The number of pyridine rings is 1. The van der Waals surface area contributed by atoms with E-state index in [4.69, 9.17) is 0 Å². The van der Waals surface area contributed by atoms with Gasteiger partial charge in [-0.2, -0.15) is 5.26 Å². The van der Waals surface area contributed by atoms with Gasteiger partial charge in [0, 0.05) is 11.4 Å². The monoisotopic (exact) mass is 341 g/mol. The molecule has 1 amide bonds. The molecule has 0 spiro atoms. The first-order chi connectivity index (χ1) is 11.4. The Kier molecular flexibility index (Phi) is 6.22. The van der Waals surface area contributed by atoms with Crippen molar-refractivity contribution in [2.75, 3.05) is 5.75 Å². The molecule has 0 radical (unpaired) electrons. The van der Waals surface area contributed by atoms with Crippen molar-refractivity contribution in [3.8, 4) is 6.07 Å². The molecule has 1 heterocycles. The highest BCUT2D eigenvalue weighted by Gasteiger charge is 2.12. The van der Waals surface area contributed by atoms with Crippen LogP contribution in [-0.4, -0.2) is 22.7 Å². The number of hydrogen-bond acceptors (Lipinski definition) is 4. The molecular weight excluding hydrogens is 318 g/mol. The minimum Gasteiger partial charge on any atom is -0.353 e. The molecule has 0 saturated heterocycles. The Morgan fingerprint density at radius 2 is 2.08 bits per heavy atom. The molecule has 1 aromatic carbocycles. The lowest BCUT2D eigenvalue weighted by molar-refractivity contribution is -0.119. The molecule has 0 fully saturated rings. The number of rotatable bonds is 6. The van der Waals surface area contributed by atoms with Crippen LogP contribution >= 0.6 is 11.8 Å². The third kappa shape index (κ3) is 4.48. The summed E-state index contributed by atoms with van der Waals surface area (Å²) >= 11 is 1.31. The van der Waals surface area contributed by atoms with Gasteiger partial charge >= 0.3 is 0 Å². The predicted molar refractivity (Wildman–Crippen MR) is 99.2 cm³/mol. The number of hydrogen-bond donors (Lipinski definition) is 1. The summed E-state index contributed by atoms with van der Waals surface area (Å²) in [4.78, 5) is 16.5. The molecule has 0 aliphatic rings. The number of nitrogens with zero attached hydrogens (tertiary/aromatic N) is 2. The number of aromatic nitrogens is 1. The van der Waals surface area contributed by atoms with E-state index in [0.29, 0.717) is 16.5 Å². The second kappa shape index (κ2) is 8.16. The molecule has 24 heavy (non-hydrogen) atoms. The lowest BCUT2D eigenvalue weighted by Crippen LogP contribution is -2.33. The number of fused-ring (bicyclic) bond motifs is 1. The van der Waals surface area contributed by atoms with Crippen molar-refractivity contribution in [1.29, 1.82) is 5.26 Å². The fourth-order valence-electron chi connectivity index (χ4n) is 2.28. The summed E-state index contributed by atoms with van der Waals surface area (Å²) in [5, 5.41) is 13.9. The van der Waals surface area contributed by atoms with Crippen LogP contribution in [0.1, 0.15) is 51.2 Å². The molecule has 0 aliphatic carbocycles. The van der Waals surface area contributed by atoms with Crippen molar-refractivity contribution in [1.82, 2.24) is 10.3 Å². The molecule has 0 bridgehead atoms. The number of amides is 1. The molecule has 126 valence electrons. The van der Waals surface area contributed by atoms with E-state index in [-0.39, 0.29) is 17.7 Å². The Bertz CT molecular complexity index is 780. The van der Waals surface area contributed by atoms with Crippen molar-refractivity contribution in [3.05, 3.63) is 35.4 Å². The van der Waals surface area contributed by atoms with Gasteiger partial charge in [-0.05, 0) is 43.0 Å². The van der Waals surface area contributed by atoms with E-state index in [2.05, 4.69) is 42.4 Å². The van der Waals surface area contributed by atoms with E-state index in [1.807, 2.05) is 26.0 Å². The lowest BCUT2D eigenvalue weighted by Gasteiger charge is -2.12. The van der Waals surface area contributed by atoms with Gasteiger partial charge < -0.3 is 5.32 Å². The third-order valence-electron chi connectivity index (χ3n) is 3.95. The van der Waals surface area contributed by atoms with E-state index in [0.717, 1.165) is 17.3 Å². The fourth-order valence-corrected chi connectivity index (χ4v) is 3.05. The first-order valence-electron chi connectivity index (χ1n) is 8.21. The van der Waals surface area contributed by atoms with E-state index in [1.165, 1.54) is 17.3 Å². The molecule has 2 aromatic rings. The Balaban J connectivity index is 2.22. The number of benzene rings is 1. The standard InChI is InChI=1S/C19H23N3OS/c1-5-13(4)21-18(23)11-24-19-16(10-20)9-15-8-14(12(2)3)6-7-17(15)22-19/h6-9,12-13H,5,11H2,1-4H3,(H,21,23)/t13-/m0/s1. The Morgan fingerprint density at radius 1 is 1.33 bits per heavy atom. The van der Waals surface area contributed by atoms with Crippen LogP contribution in [0.15, 0.2) is 29.3 Å². The maximum atomic E-state index is 11.9. The van der Waals surface area contributed by atoms with Crippen LogP contribution in [0.2, 0.25) is 0 Å². The van der Waals surface area contributed by atoms with Crippen molar-refractivity contribution < 1.29 is 4.79 Å². The van der Waals surface area contributed by atoms with Gasteiger partial charge in [-0.25, -0.2) is 4.98 Å². The molecule has 0 unspecified atom stereocenters. The van der Waals surface area contributed by atoms with Gasteiger partial charge in [0.2, 0.25) is 5.91 Å². The quantitative estimate of drug-likeness (QED) is 0.798. The van der Waals surface area contributed by atoms with Crippen LogP contribution in [0.3, 0.4) is 0 Å². The summed E-state index contributed by atoms with van der Waals surface area (Å²) in [5.74, 6) is 0.662. The first kappa shape index (κ1) is 18.3. The molecule has 2 rings (SSSR count). The fraction of sp³-hybridized carbons (Fsp3) is 0.421. The van der Waals surface area contributed by atoms with Crippen LogP contribution in [0.25, 0.3) is 10.9 Å². The van der Waals surface area contributed by atoms with Gasteiger partial charge in [0.05, 0.1) is 16.8 Å². The molecule has 0 saturated carbocycles. The van der Waals surface area contributed by atoms with Gasteiger partial charge in [-0.3, -0.25) is 4.79 Å². The summed E-state index contributed by atoms with van der Waals surface area (Å²) in [6, 6.07) is 10.3. The van der Waals surface area contributed by atoms with Gasteiger partial charge in [0.1, 0.15) is 11.1 Å². The Morgan fingerprint density at radius 3 is 2.71 bits per heavy atom. The van der Waals surface area contributed by atoms with Crippen LogP contribution < -0.4 is 5.32 Å². The number of carbonyl (C=O) groups excluding carboxylic acids is 1. The second-order valence-corrected chi connectivity index (χ2v) is 7.19. The first-order valence-corrected chi connectivity index (χ1v) is 9.20. The third-order valence-corrected chi connectivity index (χ3v) is 4.94. The van der Waals surface area contributed by atoms with E-state index in [1.54, 1.807) is 0 Å². The smallest absolute Gasteiger partial charge is 0.230 e. The minimum atomic E-state index is -0.0321. The molecular formula is C19H23N3OS. The van der Waals surface area contributed by atoms with Crippen molar-refractivity contribution >= 4 is 28.6 Å². The largest absolute Gasteiger partial charge is 0.353 e. The van der Waals surface area contributed by atoms with Crippen molar-refractivity contribution in [2.45, 2.75) is 51.1 Å². The SMILES string of the molecule is CC[C@H](C)NC(=O)CSc1nc2ccc(C(C)C)cc2cc1C#N. The molecule has 4 nitrogen and oxygen atoms in total. The highest BCUT2D eigenvalue weighted by atomic mass is 32.2. The van der Waals surface area contributed by atoms with Crippen molar-refractivity contribution in [3.63, 3.8) is 0 Å². The Labute approximate surface area is 147 Å². The number of nitrogens with one attached hydrogen (secondary N) is 1.